The van der Waals surface area contributed by atoms with Crippen LogP contribution in [0, 0.1) is 0 Å². The normalized spacial score (nSPS) is 15.7. The smallest absolute Gasteiger partial charge is 0.252 e. The molecule has 2 aliphatic heterocycles. The number of rotatable bonds is 6. The summed E-state index contributed by atoms with van der Waals surface area (Å²) in [6.45, 7) is 32.4. The van der Waals surface area contributed by atoms with Gasteiger partial charge in [-0.05, 0) is 203 Å². The largest absolute Gasteiger partial charge is 0.456 e. The molecule has 0 saturated heterocycles. The third kappa shape index (κ3) is 10.1. The van der Waals surface area contributed by atoms with E-state index in [4.69, 9.17) is 14.3 Å². The van der Waals surface area contributed by atoms with Crippen molar-refractivity contribution in [3.63, 3.8) is 0 Å². The van der Waals surface area contributed by atoms with Crippen molar-refractivity contribution in [1.29, 1.82) is 0 Å². The first kappa shape index (κ1) is 49.4. The maximum Gasteiger partial charge on any atom is 0.252 e. The first-order chi connectivity index (χ1) is 56.8. The molecule has 0 saturated carbocycles. The molecule has 6 nitrogen and oxygen atoms in total. The molecule has 17 aromatic rings. The molecule has 0 aliphatic carbocycles. The van der Waals surface area contributed by atoms with Gasteiger partial charge in [-0.2, -0.15) is 0 Å². The molecule has 0 spiro atoms. The van der Waals surface area contributed by atoms with Crippen LogP contribution in [0.25, 0.3) is 121 Å². The number of fused-ring (bicyclic) bond motifs is 16. The molecule has 13 aromatic carbocycles. The van der Waals surface area contributed by atoms with E-state index < -0.39 is 109 Å². The molecule has 0 atom stereocenters. The van der Waals surface area contributed by atoms with Gasteiger partial charge in [0.1, 0.15) is 22.3 Å². The van der Waals surface area contributed by atoms with E-state index in [0.717, 1.165) is 77.1 Å². The second kappa shape index (κ2) is 22.6. The summed E-state index contributed by atoms with van der Waals surface area (Å²) in [7, 11) is 0. The summed E-state index contributed by atoms with van der Waals surface area (Å²) in [4.78, 5) is 4.50. The van der Waals surface area contributed by atoms with Gasteiger partial charge in [-0.15, -0.1) is 0 Å². The molecule has 2 aliphatic rings. The van der Waals surface area contributed by atoms with Crippen molar-refractivity contribution in [2.24, 2.45) is 0 Å². The minimum Gasteiger partial charge on any atom is -0.456 e. The predicted octanol–water partition coefficient (Wildman–Crippen LogP) is 25.6. The number of anilines is 6. The number of aromatic nitrogens is 2. The average molecular weight is 1380 g/mol. The SMILES string of the molecule is [2H]c1c([2H])c([2H])c2c(c1[2H])c1c([2H])c([2H])c([2H])c([2H])c1n2-c1ccc2c(c1)N(c1cccc3oc4ccc(-c5cc(C(C)(C)C)cc(C(C)(C)C)c5)cc4c13)c1cc(C(C)(C)C)cc3c1B2c1ccc(-n2c4c([2H])c([2H])c([2H])c([2H])c4c4c([2H])c([2H])c([2H])c([2H])c42)cc1N3c1cccc2oc3ccc(-c4cc(C(C)(C)C)cc(C(C)(C)C)c4)cc3c12. The standard InChI is InChI=1S/C98H87BN4O2/c1-94(2,3)62-46-60(47-63(52-62)95(4,5)6)58-38-44-87-73(50-58)91-81(34-24-36-89(91)104-87)102-83-56-67(100-77-30-20-16-26-69(77)70-27-17-21-31-78(70)100)40-42-75(83)99-76-43-41-68(101-79-32-22-18-28-71(79)72-29-19-23-33-80(72)101)57-84(76)103(86-55-66(98(13,14)15)54-85(102)93(86)99)82-35-25-37-90-92(82)74-51-59(39-45-88(74)105-90)61-48-64(96(7,8)9)53-65(49-61)97(10,11)12/h16-57H,1-15H3/i16D,17D,18D,19D,20D,21D,22D,23D,26D,27D,28D,29D,30D,31D,32D,33D. The lowest BCUT2D eigenvalue weighted by Crippen LogP contribution is -2.61. The maximum atomic E-state index is 9.81. The van der Waals surface area contributed by atoms with Crippen LogP contribution in [0.3, 0.4) is 0 Å². The summed E-state index contributed by atoms with van der Waals surface area (Å²) in [5.41, 5.74) is 17.3. The third-order valence-electron chi connectivity index (χ3n) is 21.9. The van der Waals surface area contributed by atoms with E-state index in [9.17, 15) is 16.4 Å². The Labute approximate surface area is 638 Å². The Bertz CT molecular complexity index is 6890. The van der Waals surface area contributed by atoms with Crippen LogP contribution >= 0.6 is 0 Å². The van der Waals surface area contributed by atoms with E-state index in [-0.39, 0.29) is 65.3 Å². The van der Waals surface area contributed by atoms with Gasteiger partial charge in [-0.1, -0.05) is 249 Å². The molecule has 514 valence electrons. The highest BCUT2D eigenvalue weighted by atomic mass is 16.3. The second-order valence-electron chi connectivity index (χ2n) is 33.9. The van der Waals surface area contributed by atoms with Crippen molar-refractivity contribution in [3.8, 4) is 33.6 Å². The fourth-order valence-electron chi connectivity index (χ4n) is 16.2. The van der Waals surface area contributed by atoms with Gasteiger partial charge >= 0.3 is 0 Å². The maximum absolute atomic E-state index is 9.81. The van der Waals surface area contributed by atoms with E-state index in [1.807, 2.05) is 72.8 Å². The van der Waals surface area contributed by atoms with Crippen LogP contribution in [-0.2, 0) is 27.1 Å². The molecule has 0 radical (unpaired) electrons. The zero-order valence-corrected chi connectivity index (χ0v) is 61.7. The van der Waals surface area contributed by atoms with Crippen LogP contribution in [0.15, 0.2) is 263 Å². The van der Waals surface area contributed by atoms with E-state index in [1.54, 1.807) is 9.13 Å². The van der Waals surface area contributed by atoms with Crippen molar-refractivity contribution in [2.45, 2.75) is 131 Å². The van der Waals surface area contributed by atoms with Crippen molar-refractivity contribution in [3.05, 3.63) is 282 Å². The van der Waals surface area contributed by atoms with Gasteiger partial charge in [0.2, 0.25) is 0 Å². The lowest BCUT2D eigenvalue weighted by molar-refractivity contribution is 0.568. The van der Waals surface area contributed by atoms with Gasteiger partial charge in [-0.25, -0.2) is 0 Å². The summed E-state index contributed by atoms with van der Waals surface area (Å²) in [6.07, 6.45) is 0. The molecule has 0 amide bonds. The molecule has 0 fully saturated rings. The molecule has 0 bridgehead atoms. The van der Waals surface area contributed by atoms with Crippen molar-refractivity contribution in [2.75, 3.05) is 9.80 Å². The van der Waals surface area contributed by atoms with Gasteiger partial charge in [0.25, 0.3) is 6.71 Å². The monoisotopic (exact) mass is 1380 g/mol. The number of benzene rings is 13. The molecule has 6 heterocycles. The van der Waals surface area contributed by atoms with Crippen molar-refractivity contribution in [1.82, 2.24) is 9.13 Å². The molecule has 4 aromatic heterocycles. The minimum absolute atomic E-state index is 0.0549. The van der Waals surface area contributed by atoms with E-state index in [0.29, 0.717) is 56.5 Å². The number of hydrogen-bond donors (Lipinski definition) is 0. The Morgan fingerprint density at radius 3 is 0.962 bits per heavy atom. The van der Waals surface area contributed by atoms with Crippen LogP contribution in [0.2, 0.25) is 0 Å². The first-order valence-electron chi connectivity index (χ1n) is 44.2. The highest BCUT2D eigenvalue weighted by Gasteiger charge is 2.46. The van der Waals surface area contributed by atoms with Crippen LogP contribution in [0.4, 0.5) is 34.1 Å². The quantitative estimate of drug-likeness (QED) is 0.156. The van der Waals surface area contributed by atoms with Crippen molar-refractivity contribution < 1.29 is 30.8 Å². The molecule has 7 heteroatoms. The molecule has 0 N–H and O–H groups in total. The molecular formula is C98H87BN4O2. The number of nitrogens with zero attached hydrogens (tertiary/aromatic N) is 4. The lowest BCUT2D eigenvalue weighted by Gasteiger charge is -2.45. The van der Waals surface area contributed by atoms with Crippen molar-refractivity contribution >= 4 is 145 Å². The average Bonchev–Trinajstić information content (AvgIpc) is 1.68. The first-order valence-corrected chi connectivity index (χ1v) is 36.2. The highest BCUT2D eigenvalue weighted by molar-refractivity contribution is 7.00. The zero-order chi connectivity index (χ0) is 86.2. The molecule has 19 rings (SSSR count). The highest BCUT2D eigenvalue weighted by Crippen LogP contribution is 2.53. The minimum atomic E-state index is -0.752. The van der Waals surface area contributed by atoms with E-state index in [2.05, 4.69) is 199 Å². The third-order valence-corrected chi connectivity index (χ3v) is 21.9. The summed E-state index contributed by atoms with van der Waals surface area (Å²) < 4.78 is 168. The van der Waals surface area contributed by atoms with Gasteiger partial charge < -0.3 is 27.8 Å². The fourth-order valence-corrected chi connectivity index (χ4v) is 16.2. The van der Waals surface area contributed by atoms with Crippen LogP contribution in [0.1, 0.15) is 154 Å². The van der Waals surface area contributed by atoms with Crippen LogP contribution in [0.5, 0.6) is 0 Å². The number of hydrogen-bond acceptors (Lipinski definition) is 4. The Morgan fingerprint density at radius 2 is 0.619 bits per heavy atom. The summed E-state index contributed by atoms with van der Waals surface area (Å²) >= 11 is 0. The topological polar surface area (TPSA) is 42.6 Å². The Kier molecular flexibility index (Phi) is 10.6. The van der Waals surface area contributed by atoms with Gasteiger partial charge in [-0.3, -0.25) is 0 Å². The summed E-state index contributed by atoms with van der Waals surface area (Å²) in [5, 5.41) is 2.85. The summed E-state index contributed by atoms with van der Waals surface area (Å²) in [5.74, 6) is 0. The van der Waals surface area contributed by atoms with Crippen LogP contribution in [-0.4, -0.2) is 15.8 Å². The molecular weight excluding hydrogens is 1280 g/mol. The molecule has 105 heavy (non-hydrogen) atoms. The van der Waals surface area contributed by atoms with Crippen LogP contribution < -0.4 is 26.2 Å². The molecule has 0 unspecified atom stereocenters. The number of furan rings is 2. The Morgan fingerprint density at radius 1 is 0.286 bits per heavy atom. The number of para-hydroxylation sites is 4. The Balaban J connectivity index is 0.974. The Hall–Kier alpha value is -11.3. The predicted molar refractivity (Wildman–Crippen MR) is 448 cm³/mol. The zero-order valence-electron chi connectivity index (χ0n) is 77.7. The van der Waals surface area contributed by atoms with E-state index in [1.165, 1.54) is 22.3 Å². The fraction of sp³-hybridized carbons (Fsp3) is 0.204. The van der Waals surface area contributed by atoms with Gasteiger partial charge in [0, 0.05) is 66.4 Å². The summed E-state index contributed by atoms with van der Waals surface area (Å²) in [6, 6.07) is 46.3. The van der Waals surface area contributed by atoms with E-state index >= 15 is 0 Å². The van der Waals surface area contributed by atoms with Gasteiger partial charge in [0.15, 0.2) is 0 Å². The lowest BCUT2D eigenvalue weighted by atomic mass is 9.33. The van der Waals surface area contributed by atoms with Gasteiger partial charge in [0.05, 0.1) is 66.1 Å². The second-order valence-corrected chi connectivity index (χ2v) is 33.9.